The summed E-state index contributed by atoms with van der Waals surface area (Å²) in [6.45, 7) is 6.14. The molecule has 0 saturated carbocycles. The summed E-state index contributed by atoms with van der Waals surface area (Å²) in [5, 5.41) is 4.79. The van der Waals surface area contributed by atoms with Crippen LogP contribution in [0.5, 0.6) is 0 Å². The van der Waals surface area contributed by atoms with E-state index in [1.54, 1.807) is 11.3 Å². The summed E-state index contributed by atoms with van der Waals surface area (Å²) < 4.78 is 2.95. The number of hydrogen-bond donors (Lipinski definition) is 1. The average molecular weight is 411 g/mol. The fourth-order valence-corrected chi connectivity index (χ4v) is 4.70. The van der Waals surface area contributed by atoms with Gasteiger partial charge in [0.1, 0.15) is 5.69 Å². The molecule has 2 aromatic heterocycles. The maximum Gasteiger partial charge on any atom is 0.268 e. The molecule has 0 unspecified atom stereocenters. The topological polar surface area (TPSA) is 57.6 Å². The Morgan fingerprint density at radius 2 is 1.90 bits per heavy atom. The molecule has 2 amide bonds. The first-order valence-corrected chi connectivity index (χ1v) is 10.8. The molecule has 1 fully saturated rings. The highest BCUT2D eigenvalue weighted by Gasteiger charge is 2.22. The van der Waals surface area contributed by atoms with Gasteiger partial charge in [0.25, 0.3) is 5.91 Å². The number of aromatic nitrogens is 1. The molecule has 7 heteroatoms. The maximum atomic E-state index is 12.5. The number of piperazine rings is 1. The molecule has 0 spiro atoms. The zero-order chi connectivity index (χ0) is 20.4. The zero-order valence-electron chi connectivity index (χ0n) is 16.9. The number of rotatable bonds is 5. The second-order valence-electron chi connectivity index (χ2n) is 7.59. The molecular weight excluding hydrogens is 384 g/mol. The lowest BCUT2D eigenvalue weighted by atomic mass is 10.1. The van der Waals surface area contributed by atoms with Crippen LogP contribution < -0.4 is 5.32 Å². The van der Waals surface area contributed by atoms with Crippen molar-refractivity contribution in [1.29, 1.82) is 0 Å². The molecular formula is C22H26N4O2S. The predicted octanol–water partition coefficient (Wildman–Crippen LogP) is 2.62. The van der Waals surface area contributed by atoms with Crippen LogP contribution in [0.15, 0.2) is 41.8 Å². The van der Waals surface area contributed by atoms with Crippen LogP contribution in [-0.2, 0) is 18.4 Å². The Labute approximate surface area is 174 Å². The van der Waals surface area contributed by atoms with Gasteiger partial charge < -0.3 is 14.8 Å². The van der Waals surface area contributed by atoms with Gasteiger partial charge in [0.2, 0.25) is 5.91 Å². The molecule has 152 valence electrons. The number of amides is 2. The monoisotopic (exact) mass is 410 g/mol. The largest absolute Gasteiger partial charge is 0.342 e. The van der Waals surface area contributed by atoms with Crippen molar-refractivity contribution in [2.45, 2.75) is 13.5 Å². The summed E-state index contributed by atoms with van der Waals surface area (Å²) in [7, 11) is 1.87. The number of aryl methyl sites for hydroxylation is 2. The van der Waals surface area contributed by atoms with Gasteiger partial charge in [0.05, 0.1) is 16.8 Å². The third-order valence-electron chi connectivity index (χ3n) is 5.51. The second-order valence-corrected chi connectivity index (χ2v) is 8.54. The third kappa shape index (κ3) is 4.36. The highest BCUT2D eigenvalue weighted by atomic mass is 32.1. The predicted molar refractivity (Wildman–Crippen MR) is 116 cm³/mol. The van der Waals surface area contributed by atoms with Crippen LogP contribution in [0.1, 0.15) is 21.6 Å². The van der Waals surface area contributed by atoms with Crippen LogP contribution in [0.3, 0.4) is 0 Å². The molecule has 4 rings (SSSR count). The second kappa shape index (κ2) is 8.39. The van der Waals surface area contributed by atoms with E-state index in [2.05, 4.69) is 41.4 Å². The minimum Gasteiger partial charge on any atom is -0.342 e. The molecule has 1 aromatic carbocycles. The summed E-state index contributed by atoms with van der Waals surface area (Å²) in [5.41, 5.74) is 4.20. The number of carbonyl (C=O) groups excluding carboxylic acids is 2. The molecule has 29 heavy (non-hydrogen) atoms. The third-order valence-corrected chi connectivity index (χ3v) is 6.36. The van der Waals surface area contributed by atoms with Gasteiger partial charge in [-0.05, 0) is 30.0 Å². The van der Waals surface area contributed by atoms with Gasteiger partial charge >= 0.3 is 0 Å². The highest BCUT2D eigenvalue weighted by molar-refractivity contribution is 7.17. The molecule has 6 nitrogen and oxygen atoms in total. The Hall–Kier alpha value is -2.64. The number of hydrogen-bond acceptors (Lipinski definition) is 4. The molecule has 1 N–H and O–H groups in total. The first-order valence-electron chi connectivity index (χ1n) is 9.88. The average Bonchev–Trinajstić information content (AvgIpc) is 3.29. The summed E-state index contributed by atoms with van der Waals surface area (Å²) in [5.74, 6) is -0.230. The van der Waals surface area contributed by atoms with E-state index in [0.29, 0.717) is 18.8 Å². The van der Waals surface area contributed by atoms with Crippen molar-refractivity contribution in [2.24, 2.45) is 7.05 Å². The SMILES string of the molecule is Cc1cccc(CN2CCN(C(=O)CNC(=O)c3cc4sccc4n3C)CC2)c1. The van der Waals surface area contributed by atoms with Gasteiger partial charge in [-0.15, -0.1) is 11.3 Å². The van der Waals surface area contributed by atoms with Gasteiger partial charge in [-0.1, -0.05) is 29.8 Å². The van der Waals surface area contributed by atoms with Crippen molar-refractivity contribution in [3.63, 3.8) is 0 Å². The summed E-state index contributed by atoms with van der Waals surface area (Å²) in [4.78, 5) is 29.2. The lowest BCUT2D eigenvalue weighted by Gasteiger charge is -2.34. The molecule has 0 atom stereocenters. The van der Waals surface area contributed by atoms with Crippen molar-refractivity contribution in [1.82, 2.24) is 19.7 Å². The van der Waals surface area contributed by atoms with Gasteiger partial charge in [-0.2, -0.15) is 0 Å². The van der Waals surface area contributed by atoms with Crippen LogP contribution in [0, 0.1) is 6.92 Å². The number of fused-ring (bicyclic) bond motifs is 1. The van der Waals surface area contributed by atoms with E-state index in [0.717, 1.165) is 29.9 Å². The number of thiophene rings is 1. The first kappa shape index (κ1) is 19.7. The highest BCUT2D eigenvalue weighted by Crippen LogP contribution is 2.24. The number of nitrogens with zero attached hydrogens (tertiary/aromatic N) is 3. The number of benzene rings is 1. The van der Waals surface area contributed by atoms with Crippen molar-refractivity contribution in [2.75, 3.05) is 32.7 Å². The van der Waals surface area contributed by atoms with Crippen molar-refractivity contribution in [3.8, 4) is 0 Å². The fourth-order valence-electron chi connectivity index (χ4n) is 3.85. The summed E-state index contributed by atoms with van der Waals surface area (Å²) >= 11 is 1.61. The van der Waals surface area contributed by atoms with Gasteiger partial charge in [-0.25, -0.2) is 0 Å². The quantitative estimate of drug-likeness (QED) is 0.704. The van der Waals surface area contributed by atoms with E-state index in [1.807, 2.05) is 34.0 Å². The van der Waals surface area contributed by atoms with Crippen LogP contribution in [-0.4, -0.2) is 58.9 Å². The molecule has 1 saturated heterocycles. The normalized spacial score (nSPS) is 15.0. The lowest BCUT2D eigenvalue weighted by Crippen LogP contribution is -2.50. The van der Waals surface area contributed by atoms with E-state index in [1.165, 1.54) is 11.1 Å². The van der Waals surface area contributed by atoms with Crippen LogP contribution in [0.4, 0.5) is 0 Å². The Balaban J connectivity index is 1.26. The smallest absolute Gasteiger partial charge is 0.268 e. The van der Waals surface area contributed by atoms with E-state index in [-0.39, 0.29) is 18.4 Å². The van der Waals surface area contributed by atoms with Crippen LogP contribution >= 0.6 is 11.3 Å². The van der Waals surface area contributed by atoms with Crippen LogP contribution in [0.25, 0.3) is 10.2 Å². The van der Waals surface area contributed by atoms with E-state index >= 15 is 0 Å². The summed E-state index contributed by atoms with van der Waals surface area (Å²) in [6, 6.07) is 12.4. The number of carbonyl (C=O) groups is 2. The Morgan fingerprint density at radius 1 is 1.10 bits per heavy atom. The minimum atomic E-state index is -0.206. The van der Waals surface area contributed by atoms with E-state index in [9.17, 15) is 9.59 Å². The zero-order valence-corrected chi connectivity index (χ0v) is 17.7. The van der Waals surface area contributed by atoms with Crippen molar-refractivity contribution < 1.29 is 9.59 Å². The van der Waals surface area contributed by atoms with Crippen molar-refractivity contribution >= 4 is 33.4 Å². The Bertz CT molecular complexity index is 1030. The Morgan fingerprint density at radius 3 is 2.62 bits per heavy atom. The first-order chi connectivity index (χ1) is 14.0. The molecule has 0 bridgehead atoms. The Kier molecular flexibility index (Phi) is 5.69. The maximum absolute atomic E-state index is 12.5. The minimum absolute atomic E-state index is 0.0235. The van der Waals surface area contributed by atoms with E-state index < -0.39 is 0 Å². The van der Waals surface area contributed by atoms with Crippen LogP contribution in [0.2, 0.25) is 0 Å². The van der Waals surface area contributed by atoms with Gasteiger partial charge in [-0.3, -0.25) is 14.5 Å². The number of nitrogens with one attached hydrogen (secondary N) is 1. The summed E-state index contributed by atoms with van der Waals surface area (Å²) in [6.07, 6.45) is 0. The standard InChI is InChI=1S/C22H26N4O2S/c1-16-4-3-5-17(12-16)15-25-7-9-26(10-8-25)21(27)14-23-22(28)19-13-20-18(24(19)2)6-11-29-20/h3-6,11-13H,7-10,14-15H2,1-2H3,(H,23,28). The molecule has 0 radical (unpaired) electrons. The molecule has 3 heterocycles. The van der Waals surface area contributed by atoms with Gasteiger partial charge in [0, 0.05) is 39.8 Å². The molecule has 3 aromatic rings. The van der Waals surface area contributed by atoms with Crippen molar-refractivity contribution in [3.05, 3.63) is 58.6 Å². The van der Waals surface area contributed by atoms with Gasteiger partial charge in [0.15, 0.2) is 0 Å². The molecule has 0 aliphatic carbocycles. The van der Waals surface area contributed by atoms with E-state index in [4.69, 9.17) is 0 Å². The molecule has 1 aliphatic rings. The molecule has 1 aliphatic heterocycles. The fraction of sp³-hybridized carbons (Fsp3) is 0.364. The lowest BCUT2D eigenvalue weighted by molar-refractivity contribution is -0.131.